The molecule has 5 nitrogen and oxygen atoms in total. The smallest absolute Gasteiger partial charge is 0.271 e. The number of carbonyl (C=O) groups excluding carboxylic acids is 1. The van der Waals surface area contributed by atoms with E-state index in [2.05, 4.69) is 10.5 Å². The first-order valence-electron chi connectivity index (χ1n) is 6.49. The molecule has 0 heterocycles. The van der Waals surface area contributed by atoms with Crippen LogP contribution in [0.3, 0.4) is 0 Å². The fourth-order valence-electron chi connectivity index (χ4n) is 1.77. The molecular weight excluding hydrogens is 287 g/mol. The Hall–Kier alpha value is -2.89. The standard InChI is InChI=1S/C16H15FN2O3/c1-10(12-5-8-14(20)15(9-12)22-2)18-19-16(21)11-3-6-13(17)7-4-11/h3-9,20H,1-2H3,(H,19,21). The van der Waals surface area contributed by atoms with Crippen LogP contribution in [-0.2, 0) is 0 Å². The topological polar surface area (TPSA) is 70.9 Å². The molecule has 0 atom stereocenters. The van der Waals surface area contributed by atoms with Crippen molar-refractivity contribution in [3.05, 3.63) is 59.4 Å². The van der Waals surface area contributed by atoms with Gasteiger partial charge in [-0.05, 0) is 49.4 Å². The van der Waals surface area contributed by atoms with E-state index < -0.39 is 11.7 Å². The molecule has 0 saturated heterocycles. The van der Waals surface area contributed by atoms with E-state index in [1.54, 1.807) is 19.1 Å². The van der Waals surface area contributed by atoms with Gasteiger partial charge in [0.05, 0.1) is 12.8 Å². The van der Waals surface area contributed by atoms with Gasteiger partial charge in [-0.1, -0.05) is 0 Å². The molecule has 6 heteroatoms. The summed E-state index contributed by atoms with van der Waals surface area (Å²) in [7, 11) is 1.45. The number of amides is 1. The summed E-state index contributed by atoms with van der Waals surface area (Å²) in [5.74, 6) is -0.510. The second-order valence-electron chi connectivity index (χ2n) is 4.53. The number of benzene rings is 2. The maximum atomic E-state index is 12.8. The number of halogens is 1. The van der Waals surface area contributed by atoms with Crippen molar-refractivity contribution in [1.82, 2.24) is 5.43 Å². The zero-order valence-corrected chi connectivity index (χ0v) is 12.1. The summed E-state index contributed by atoms with van der Waals surface area (Å²) in [4.78, 5) is 11.9. The van der Waals surface area contributed by atoms with Crippen LogP contribution in [0.5, 0.6) is 11.5 Å². The predicted molar refractivity (Wildman–Crippen MR) is 80.7 cm³/mol. The van der Waals surface area contributed by atoms with Gasteiger partial charge in [-0.3, -0.25) is 4.79 Å². The maximum Gasteiger partial charge on any atom is 0.271 e. The van der Waals surface area contributed by atoms with Crippen LogP contribution in [0.25, 0.3) is 0 Å². The number of hydrazone groups is 1. The molecule has 1 amide bonds. The summed E-state index contributed by atoms with van der Waals surface area (Å²) in [6.45, 7) is 1.71. The van der Waals surface area contributed by atoms with E-state index in [1.807, 2.05) is 0 Å². The van der Waals surface area contributed by atoms with Gasteiger partial charge in [-0.15, -0.1) is 0 Å². The fourth-order valence-corrected chi connectivity index (χ4v) is 1.77. The molecule has 0 spiro atoms. The highest BCUT2D eigenvalue weighted by atomic mass is 19.1. The van der Waals surface area contributed by atoms with Crippen LogP contribution in [0.4, 0.5) is 4.39 Å². The van der Waals surface area contributed by atoms with Crippen molar-refractivity contribution in [1.29, 1.82) is 0 Å². The van der Waals surface area contributed by atoms with E-state index in [4.69, 9.17) is 4.74 Å². The summed E-state index contributed by atoms with van der Waals surface area (Å²) in [6.07, 6.45) is 0. The number of hydrogen-bond acceptors (Lipinski definition) is 4. The van der Waals surface area contributed by atoms with E-state index >= 15 is 0 Å². The first kappa shape index (κ1) is 15.5. The van der Waals surface area contributed by atoms with Crippen molar-refractivity contribution >= 4 is 11.6 Å². The highest BCUT2D eigenvalue weighted by molar-refractivity contribution is 6.01. The van der Waals surface area contributed by atoms with Crippen molar-refractivity contribution in [3.63, 3.8) is 0 Å². The Morgan fingerprint density at radius 2 is 1.82 bits per heavy atom. The summed E-state index contributed by atoms with van der Waals surface area (Å²) >= 11 is 0. The fraction of sp³-hybridized carbons (Fsp3) is 0.125. The highest BCUT2D eigenvalue weighted by Gasteiger charge is 2.07. The second-order valence-corrected chi connectivity index (χ2v) is 4.53. The molecule has 0 fully saturated rings. The third-order valence-electron chi connectivity index (χ3n) is 3.03. The van der Waals surface area contributed by atoms with Gasteiger partial charge >= 0.3 is 0 Å². The molecule has 0 saturated carbocycles. The average molecular weight is 302 g/mol. The average Bonchev–Trinajstić information content (AvgIpc) is 2.53. The van der Waals surface area contributed by atoms with Crippen molar-refractivity contribution < 1.29 is 19.0 Å². The number of ether oxygens (including phenoxy) is 1. The van der Waals surface area contributed by atoms with Crippen LogP contribution in [-0.4, -0.2) is 23.8 Å². The van der Waals surface area contributed by atoms with E-state index in [0.29, 0.717) is 22.6 Å². The van der Waals surface area contributed by atoms with E-state index in [1.165, 1.54) is 37.4 Å². The number of nitrogens with one attached hydrogen (secondary N) is 1. The van der Waals surface area contributed by atoms with Crippen molar-refractivity contribution in [3.8, 4) is 11.5 Å². The van der Waals surface area contributed by atoms with E-state index in [9.17, 15) is 14.3 Å². The Kier molecular flexibility index (Phi) is 4.73. The van der Waals surface area contributed by atoms with Gasteiger partial charge in [-0.2, -0.15) is 5.10 Å². The van der Waals surface area contributed by atoms with Gasteiger partial charge in [0.25, 0.3) is 5.91 Å². The third-order valence-corrected chi connectivity index (χ3v) is 3.03. The van der Waals surface area contributed by atoms with Gasteiger partial charge in [0.15, 0.2) is 11.5 Å². The number of rotatable bonds is 4. The Labute approximate surface area is 127 Å². The van der Waals surface area contributed by atoms with Crippen molar-refractivity contribution in [2.45, 2.75) is 6.92 Å². The molecule has 0 aliphatic heterocycles. The lowest BCUT2D eigenvalue weighted by molar-refractivity contribution is 0.0955. The minimum absolute atomic E-state index is 0.0226. The van der Waals surface area contributed by atoms with Crippen molar-refractivity contribution in [2.24, 2.45) is 5.10 Å². The van der Waals surface area contributed by atoms with Crippen LogP contribution in [0, 0.1) is 5.82 Å². The van der Waals surface area contributed by atoms with Crippen LogP contribution < -0.4 is 10.2 Å². The molecule has 2 aromatic carbocycles. The lowest BCUT2D eigenvalue weighted by atomic mass is 10.1. The first-order valence-corrected chi connectivity index (χ1v) is 6.49. The van der Waals surface area contributed by atoms with Gasteiger partial charge in [0.1, 0.15) is 5.82 Å². The van der Waals surface area contributed by atoms with Gasteiger partial charge in [-0.25, -0.2) is 9.82 Å². The minimum Gasteiger partial charge on any atom is -0.504 e. The zero-order chi connectivity index (χ0) is 16.1. The van der Waals surface area contributed by atoms with Crippen LogP contribution in [0.1, 0.15) is 22.8 Å². The monoisotopic (exact) mass is 302 g/mol. The molecule has 0 radical (unpaired) electrons. The number of aromatic hydroxyl groups is 1. The number of nitrogens with zero attached hydrogens (tertiary/aromatic N) is 1. The van der Waals surface area contributed by atoms with Gasteiger partial charge < -0.3 is 9.84 Å². The lowest BCUT2D eigenvalue weighted by Gasteiger charge is -2.07. The third kappa shape index (κ3) is 3.60. The predicted octanol–water partition coefficient (Wildman–Crippen LogP) is 2.69. The molecule has 2 rings (SSSR count). The Bertz CT molecular complexity index is 712. The van der Waals surface area contributed by atoms with Gasteiger partial charge in [0.2, 0.25) is 0 Å². The largest absolute Gasteiger partial charge is 0.504 e. The molecule has 0 aliphatic rings. The number of methoxy groups -OCH3 is 1. The number of carbonyl (C=O) groups is 1. The molecule has 0 aliphatic carbocycles. The lowest BCUT2D eigenvalue weighted by Crippen LogP contribution is -2.19. The zero-order valence-electron chi connectivity index (χ0n) is 12.1. The quantitative estimate of drug-likeness (QED) is 0.674. The first-order chi connectivity index (χ1) is 10.5. The highest BCUT2D eigenvalue weighted by Crippen LogP contribution is 2.26. The number of hydrogen-bond donors (Lipinski definition) is 2. The molecule has 0 bridgehead atoms. The maximum absolute atomic E-state index is 12.8. The molecular formula is C16H15FN2O3. The summed E-state index contributed by atoms with van der Waals surface area (Å²) < 4.78 is 17.8. The van der Waals surface area contributed by atoms with Crippen molar-refractivity contribution in [2.75, 3.05) is 7.11 Å². The van der Waals surface area contributed by atoms with Crippen LogP contribution in [0.15, 0.2) is 47.6 Å². The Balaban J connectivity index is 2.12. The summed E-state index contributed by atoms with van der Waals surface area (Å²) in [5, 5.41) is 13.5. The SMILES string of the molecule is COc1cc(C(C)=NNC(=O)c2ccc(F)cc2)ccc1O. The molecule has 0 aromatic heterocycles. The van der Waals surface area contributed by atoms with Crippen LogP contribution >= 0.6 is 0 Å². The Morgan fingerprint density at radius 3 is 2.45 bits per heavy atom. The molecule has 2 aromatic rings. The normalized spacial score (nSPS) is 11.1. The Morgan fingerprint density at radius 1 is 1.18 bits per heavy atom. The second kappa shape index (κ2) is 6.71. The van der Waals surface area contributed by atoms with E-state index in [0.717, 1.165) is 0 Å². The summed E-state index contributed by atoms with van der Waals surface area (Å²) in [6, 6.07) is 9.90. The minimum atomic E-state index is -0.440. The van der Waals surface area contributed by atoms with Crippen LogP contribution in [0.2, 0.25) is 0 Å². The van der Waals surface area contributed by atoms with Gasteiger partial charge in [0, 0.05) is 11.1 Å². The molecule has 22 heavy (non-hydrogen) atoms. The molecule has 0 unspecified atom stereocenters. The molecule has 114 valence electrons. The molecule has 2 N–H and O–H groups in total. The summed E-state index contributed by atoms with van der Waals surface area (Å²) in [5.41, 5.74) is 3.92. The van der Waals surface area contributed by atoms with E-state index in [-0.39, 0.29) is 5.75 Å². The number of phenolic OH excluding ortho intramolecular Hbond substituents is 1. The number of phenols is 1.